The van der Waals surface area contributed by atoms with Crippen LogP contribution in [0.4, 0.5) is 0 Å². The van der Waals surface area contributed by atoms with E-state index < -0.39 is 35.6 Å². The largest absolute Gasteiger partial charge is 0.393 e. The molecule has 1 heterocycles. The van der Waals surface area contributed by atoms with Gasteiger partial charge in [-0.1, -0.05) is 25.5 Å². The molecule has 164 valence electrons. The minimum Gasteiger partial charge on any atom is -0.393 e. The Labute approximate surface area is 177 Å². The average Bonchev–Trinajstić information content (AvgIpc) is 3.07. The van der Waals surface area contributed by atoms with E-state index in [4.69, 9.17) is 9.47 Å². The molecule has 5 aliphatic rings. The molecule has 1 aliphatic heterocycles. The lowest BCUT2D eigenvalue weighted by Crippen LogP contribution is -2.63. The van der Waals surface area contributed by atoms with Gasteiger partial charge in [-0.15, -0.1) is 0 Å². The zero-order chi connectivity index (χ0) is 21.7. The van der Waals surface area contributed by atoms with E-state index in [9.17, 15) is 19.8 Å². The molecule has 30 heavy (non-hydrogen) atoms. The van der Waals surface area contributed by atoms with E-state index in [1.54, 1.807) is 26.0 Å². The molecule has 8 atom stereocenters. The predicted molar refractivity (Wildman–Crippen MR) is 108 cm³/mol. The van der Waals surface area contributed by atoms with Crippen LogP contribution in [-0.2, 0) is 19.1 Å². The van der Waals surface area contributed by atoms with Crippen molar-refractivity contribution in [3.8, 4) is 0 Å². The first kappa shape index (κ1) is 20.6. The molecule has 5 rings (SSSR count). The fourth-order valence-corrected chi connectivity index (χ4v) is 8.04. The molecule has 0 radical (unpaired) electrons. The fraction of sp³-hybridized carbons (Fsp3) is 0.750. The highest BCUT2D eigenvalue weighted by Gasteiger charge is 2.76. The molecular formula is C24H32O6. The van der Waals surface area contributed by atoms with Crippen molar-refractivity contribution in [3.05, 3.63) is 23.8 Å². The van der Waals surface area contributed by atoms with Crippen LogP contribution in [0.25, 0.3) is 0 Å². The van der Waals surface area contributed by atoms with Crippen molar-refractivity contribution in [2.75, 3.05) is 6.61 Å². The Morgan fingerprint density at radius 1 is 1.27 bits per heavy atom. The number of aliphatic hydroxyl groups excluding tert-OH is 2. The number of Topliss-reactive ketones (excluding diaryl/α,β-unsaturated/α-hetero) is 1. The van der Waals surface area contributed by atoms with Crippen molar-refractivity contribution < 1.29 is 29.3 Å². The van der Waals surface area contributed by atoms with Gasteiger partial charge in [0.1, 0.15) is 6.61 Å². The van der Waals surface area contributed by atoms with Gasteiger partial charge in [0.2, 0.25) is 0 Å². The normalized spacial score (nSPS) is 50.9. The van der Waals surface area contributed by atoms with Crippen molar-refractivity contribution in [2.45, 2.75) is 77.0 Å². The van der Waals surface area contributed by atoms with E-state index in [0.717, 1.165) is 18.4 Å². The molecular weight excluding hydrogens is 384 g/mol. The van der Waals surface area contributed by atoms with Gasteiger partial charge in [-0.25, -0.2) is 0 Å². The summed E-state index contributed by atoms with van der Waals surface area (Å²) in [5.41, 5.74) is -1.12. The number of allylic oxidation sites excluding steroid dienone is 4. The van der Waals surface area contributed by atoms with Crippen molar-refractivity contribution in [1.82, 2.24) is 0 Å². The first-order valence-electron chi connectivity index (χ1n) is 11.1. The van der Waals surface area contributed by atoms with Gasteiger partial charge in [-0.05, 0) is 63.5 Å². The fourth-order valence-electron chi connectivity index (χ4n) is 8.04. The summed E-state index contributed by atoms with van der Waals surface area (Å²) < 4.78 is 12.6. The highest BCUT2D eigenvalue weighted by atomic mass is 16.8. The van der Waals surface area contributed by atoms with E-state index in [1.165, 1.54) is 0 Å². The van der Waals surface area contributed by atoms with Crippen LogP contribution in [0.3, 0.4) is 0 Å². The van der Waals surface area contributed by atoms with Gasteiger partial charge >= 0.3 is 0 Å². The second-order valence-corrected chi connectivity index (χ2v) is 10.9. The number of aliphatic hydroxyl groups is 2. The molecule has 2 N–H and O–H groups in total. The molecule has 6 heteroatoms. The van der Waals surface area contributed by atoms with Gasteiger partial charge < -0.3 is 19.7 Å². The number of hydrogen-bond donors (Lipinski definition) is 2. The first-order valence-corrected chi connectivity index (χ1v) is 11.1. The summed E-state index contributed by atoms with van der Waals surface area (Å²) in [6, 6.07) is 0. The van der Waals surface area contributed by atoms with Crippen molar-refractivity contribution >= 4 is 11.6 Å². The van der Waals surface area contributed by atoms with Crippen LogP contribution in [-0.4, -0.2) is 52.0 Å². The monoisotopic (exact) mass is 416 g/mol. The van der Waals surface area contributed by atoms with Gasteiger partial charge in [0.05, 0.1) is 12.2 Å². The van der Waals surface area contributed by atoms with Crippen LogP contribution in [0.1, 0.15) is 53.4 Å². The lowest BCUT2D eigenvalue weighted by molar-refractivity contribution is -0.225. The molecule has 0 spiro atoms. The maximum absolute atomic E-state index is 13.2. The van der Waals surface area contributed by atoms with Crippen LogP contribution < -0.4 is 0 Å². The van der Waals surface area contributed by atoms with E-state index >= 15 is 0 Å². The van der Waals surface area contributed by atoms with Gasteiger partial charge in [0.15, 0.2) is 23.0 Å². The van der Waals surface area contributed by atoms with E-state index in [1.807, 2.05) is 13.0 Å². The summed E-state index contributed by atoms with van der Waals surface area (Å²) in [6.07, 6.45) is 7.04. The second-order valence-electron chi connectivity index (χ2n) is 10.9. The van der Waals surface area contributed by atoms with E-state index in [0.29, 0.717) is 12.8 Å². The molecule has 0 aromatic rings. The van der Waals surface area contributed by atoms with Gasteiger partial charge in [0.25, 0.3) is 0 Å². The Hall–Kier alpha value is -1.34. The highest BCUT2D eigenvalue weighted by molar-refractivity contribution is 6.01. The van der Waals surface area contributed by atoms with Crippen molar-refractivity contribution in [2.24, 2.45) is 28.6 Å². The zero-order valence-electron chi connectivity index (χ0n) is 18.2. The Morgan fingerprint density at radius 3 is 2.70 bits per heavy atom. The molecule has 4 aliphatic carbocycles. The van der Waals surface area contributed by atoms with Gasteiger partial charge in [-0.3, -0.25) is 9.59 Å². The molecule has 0 bridgehead atoms. The van der Waals surface area contributed by atoms with Crippen LogP contribution in [0.15, 0.2) is 23.8 Å². The lowest BCUT2D eigenvalue weighted by atomic mass is 9.46. The molecule has 4 unspecified atom stereocenters. The summed E-state index contributed by atoms with van der Waals surface area (Å²) in [4.78, 5) is 25.1. The molecule has 1 saturated heterocycles. The number of ketones is 2. The van der Waals surface area contributed by atoms with E-state index in [2.05, 4.69) is 6.92 Å². The Bertz CT molecular complexity index is 873. The minimum atomic E-state index is -1.24. The van der Waals surface area contributed by atoms with Crippen LogP contribution >= 0.6 is 0 Å². The van der Waals surface area contributed by atoms with Crippen LogP contribution in [0.2, 0.25) is 0 Å². The zero-order valence-corrected chi connectivity index (χ0v) is 18.2. The second kappa shape index (κ2) is 6.12. The lowest BCUT2D eigenvalue weighted by Gasteiger charge is -2.59. The summed E-state index contributed by atoms with van der Waals surface area (Å²) in [6.45, 7) is 7.19. The number of carbonyl (C=O) groups is 2. The molecule has 3 saturated carbocycles. The maximum atomic E-state index is 13.2. The third-order valence-electron chi connectivity index (χ3n) is 9.05. The molecule has 0 amide bonds. The number of fused-ring (bicyclic) bond motifs is 7. The Morgan fingerprint density at radius 2 is 2.00 bits per heavy atom. The average molecular weight is 417 g/mol. The standard InChI is InChI=1S/C24H32O6/c1-21(2)29-19-10-16-15-6-5-13-9-14(26)7-8-22(13,3)20(15)17(27)11-23(16,4)24(19,30-21)18(28)12-25/h7-9,15-17,19-20,25,27H,5-6,10-12H2,1-4H3/t15?,16-,17?,19+,20+,22?,23?,24+/m0/s1. The summed E-state index contributed by atoms with van der Waals surface area (Å²) in [5, 5.41) is 21.3. The Kier molecular flexibility index (Phi) is 4.20. The number of carbonyl (C=O) groups excluding carboxylic acids is 2. The molecule has 6 nitrogen and oxygen atoms in total. The summed E-state index contributed by atoms with van der Waals surface area (Å²) in [5.74, 6) is -0.947. The third-order valence-corrected chi connectivity index (χ3v) is 9.05. The highest BCUT2D eigenvalue weighted by Crippen LogP contribution is 2.70. The summed E-state index contributed by atoms with van der Waals surface area (Å²) >= 11 is 0. The number of hydrogen-bond acceptors (Lipinski definition) is 6. The van der Waals surface area contributed by atoms with Crippen LogP contribution in [0, 0.1) is 28.6 Å². The first-order chi connectivity index (χ1) is 14.0. The van der Waals surface area contributed by atoms with Crippen molar-refractivity contribution in [3.63, 3.8) is 0 Å². The van der Waals surface area contributed by atoms with Gasteiger partial charge in [0, 0.05) is 16.7 Å². The van der Waals surface area contributed by atoms with Gasteiger partial charge in [-0.2, -0.15) is 0 Å². The van der Waals surface area contributed by atoms with E-state index in [-0.39, 0.29) is 34.7 Å². The topological polar surface area (TPSA) is 93.1 Å². The third kappa shape index (κ3) is 2.34. The predicted octanol–water partition coefficient (Wildman–Crippen LogP) is 2.33. The SMILES string of the molecule is CC1(C)O[C@@H]2C[C@H]3C4CCC5=CC(=O)C=CC5(C)[C@H]4C(O)CC3(C)[C@]2(C(=O)CO)O1. The number of rotatable bonds is 2. The smallest absolute Gasteiger partial charge is 0.193 e. The number of ether oxygens (including phenoxy) is 2. The quantitative estimate of drug-likeness (QED) is 0.718. The molecule has 0 aromatic heterocycles. The minimum absolute atomic E-state index is 0.0167. The van der Waals surface area contributed by atoms with Crippen LogP contribution in [0.5, 0.6) is 0 Å². The molecule has 0 aromatic carbocycles. The summed E-state index contributed by atoms with van der Waals surface area (Å²) in [7, 11) is 0. The molecule has 4 fully saturated rings. The maximum Gasteiger partial charge on any atom is 0.193 e. The van der Waals surface area contributed by atoms with Crippen molar-refractivity contribution in [1.29, 1.82) is 0 Å². The Balaban J connectivity index is 1.59.